The summed E-state index contributed by atoms with van der Waals surface area (Å²) in [5, 5.41) is 0. The van der Waals surface area contributed by atoms with Gasteiger partial charge in [0.2, 0.25) is 0 Å². The first-order chi connectivity index (χ1) is 9.37. The summed E-state index contributed by atoms with van der Waals surface area (Å²) in [7, 11) is -4.32. The van der Waals surface area contributed by atoms with Gasteiger partial charge >= 0.3 is 10.4 Å². The summed E-state index contributed by atoms with van der Waals surface area (Å²) in [6.45, 7) is 5.88. The van der Waals surface area contributed by atoms with Gasteiger partial charge < -0.3 is 0 Å². The summed E-state index contributed by atoms with van der Waals surface area (Å²) in [5.74, 6) is 0.140. The van der Waals surface area contributed by atoms with Gasteiger partial charge in [-0.1, -0.05) is 71.6 Å². The first kappa shape index (κ1) is 19.9. The first-order valence-electron chi connectivity index (χ1n) is 8.02. The quantitative estimate of drug-likeness (QED) is 0.394. The summed E-state index contributed by atoms with van der Waals surface area (Å²) >= 11 is 0. The highest BCUT2D eigenvalue weighted by molar-refractivity contribution is 7.80. The van der Waals surface area contributed by atoms with E-state index in [-0.39, 0.29) is 5.92 Å². The highest BCUT2D eigenvalue weighted by Crippen LogP contribution is 2.18. The van der Waals surface area contributed by atoms with Crippen molar-refractivity contribution in [2.24, 2.45) is 5.92 Å². The molecular weight excluding hydrogens is 276 g/mol. The van der Waals surface area contributed by atoms with E-state index in [1.807, 2.05) is 6.92 Å². The lowest BCUT2D eigenvalue weighted by Crippen LogP contribution is -2.21. The van der Waals surface area contributed by atoms with E-state index in [2.05, 4.69) is 11.1 Å². The monoisotopic (exact) mass is 308 g/mol. The topological polar surface area (TPSA) is 63.6 Å². The molecule has 2 unspecified atom stereocenters. The zero-order valence-corrected chi connectivity index (χ0v) is 14.1. The molecule has 0 heterocycles. The van der Waals surface area contributed by atoms with Crippen LogP contribution in [0.1, 0.15) is 85.0 Å². The Labute approximate surface area is 125 Å². The number of rotatable bonds is 13. The Morgan fingerprint density at radius 1 is 0.900 bits per heavy atom. The van der Waals surface area contributed by atoms with Crippen molar-refractivity contribution in [2.45, 2.75) is 91.1 Å². The first-order valence-corrected chi connectivity index (χ1v) is 9.39. The van der Waals surface area contributed by atoms with Crippen LogP contribution in [-0.4, -0.2) is 19.1 Å². The predicted octanol–water partition coefficient (Wildman–Crippen LogP) is 4.75. The SMILES string of the molecule is CCCCCCCCCCCC(C)C(C)OS(=O)(=O)O. The molecule has 0 spiro atoms. The minimum atomic E-state index is -4.32. The third-order valence-electron chi connectivity index (χ3n) is 3.84. The van der Waals surface area contributed by atoms with E-state index in [0.717, 1.165) is 12.8 Å². The van der Waals surface area contributed by atoms with E-state index in [4.69, 9.17) is 4.55 Å². The summed E-state index contributed by atoms with van der Waals surface area (Å²) in [4.78, 5) is 0. The van der Waals surface area contributed by atoms with Crippen LogP contribution >= 0.6 is 0 Å². The Hall–Kier alpha value is -0.130. The van der Waals surface area contributed by atoms with Crippen LogP contribution in [0.25, 0.3) is 0 Å². The molecule has 0 saturated heterocycles. The van der Waals surface area contributed by atoms with Crippen molar-refractivity contribution in [3.63, 3.8) is 0 Å². The largest absolute Gasteiger partial charge is 0.397 e. The van der Waals surface area contributed by atoms with Crippen LogP contribution in [0.2, 0.25) is 0 Å². The number of hydrogen-bond donors (Lipinski definition) is 1. The van der Waals surface area contributed by atoms with Crippen LogP contribution in [0.15, 0.2) is 0 Å². The van der Waals surface area contributed by atoms with Crippen LogP contribution in [0.3, 0.4) is 0 Å². The van der Waals surface area contributed by atoms with E-state index in [1.54, 1.807) is 6.92 Å². The van der Waals surface area contributed by atoms with Crippen molar-refractivity contribution in [1.82, 2.24) is 0 Å². The molecule has 20 heavy (non-hydrogen) atoms. The van der Waals surface area contributed by atoms with E-state index < -0.39 is 16.5 Å². The zero-order valence-electron chi connectivity index (χ0n) is 13.3. The highest BCUT2D eigenvalue weighted by atomic mass is 32.3. The normalized spacial score (nSPS) is 15.2. The van der Waals surface area contributed by atoms with Gasteiger partial charge in [-0.2, -0.15) is 8.42 Å². The van der Waals surface area contributed by atoms with Crippen molar-refractivity contribution in [2.75, 3.05) is 0 Å². The lowest BCUT2D eigenvalue weighted by Gasteiger charge is -2.18. The number of unbranched alkanes of at least 4 members (excludes halogenated alkanes) is 8. The molecule has 1 N–H and O–H groups in total. The summed E-state index contributed by atoms with van der Waals surface area (Å²) in [6, 6.07) is 0. The molecule has 0 rings (SSSR count). The van der Waals surface area contributed by atoms with E-state index in [9.17, 15) is 8.42 Å². The third-order valence-corrected chi connectivity index (χ3v) is 4.38. The molecule has 0 aromatic heterocycles. The maximum absolute atomic E-state index is 10.6. The second-order valence-electron chi connectivity index (χ2n) is 5.82. The lowest BCUT2D eigenvalue weighted by molar-refractivity contribution is 0.140. The van der Waals surface area contributed by atoms with Crippen LogP contribution in [0.4, 0.5) is 0 Å². The molecule has 0 aliphatic carbocycles. The standard InChI is InChI=1S/C15H32O4S/c1-4-5-6-7-8-9-10-11-12-13-14(2)15(3)19-20(16,17)18/h14-15H,4-13H2,1-3H3,(H,16,17,18). The lowest BCUT2D eigenvalue weighted by atomic mass is 9.97. The molecule has 0 bridgehead atoms. The van der Waals surface area contributed by atoms with Crippen molar-refractivity contribution in [3.05, 3.63) is 0 Å². The van der Waals surface area contributed by atoms with Gasteiger partial charge in [-0.3, -0.25) is 4.55 Å². The highest BCUT2D eigenvalue weighted by Gasteiger charge is 2.18. The van der Waals surface area contributed by atoms with Crippen molar-refractivity contribution in [3.8, 4) is 0 Å². The van der Waals surface area contributed by atoms with Crippen molar-refractivity contribution >= 4 is 10.4 Å². The Kier molecular flexibility index (Phi) is 11.4. The Morgan fingerprint density at radius 2 is 1.35 bits per heavy atom. The van der Waals surface area contributed by atoms with Gasteiger partial charge in [0.1, 0.15) is 0 Å². The second-order valence-corrected chi connectivity index (χ2v) is 6.87. The molecule has 4 nitrogen and oxygen atoms in total. The average molecular weight is 308 g/mol. The Balaban J connectivity index is 3.46. The second kappa shape index (κ2) is 11.5. The number of hydrogen-bond acceptors (Lipinski definition) is 3. The average Bonchev–Trinajstić information content (AvgIpc) is 2.34. The van der Waals surface area contributed by atoms with Crippen LogP contribution < -0.4 is 0 Å². The van der Waals surface area contributed by atoms with Gasteiger partial charge in [-0.25, -0.2) is 4.18 Å². The van der Waals surface area contributed by atoms with Crippen molar-refractivity contribution in [1.29, 1.82) is 0 Å². The summed E-state index contributed by atoms with van der Waals surface area (Å²) < 4.78 is 34.4. The van der Waals surface area contributed by atoms with Gasteiger partial charge in [0.25, 0.3) is 0 Å². The van der Waals surface area contributed by atoms with E-state index >= 15 is 0 Å². The molecule has 2 atom stereocenters. The fourth-order valence-electron chi connectivity index (χ4n) is 2.30. The summed E-state index contributed by atoms with van der Waals surface area (Å²) in [5.41, 5.74) is 0. The van der Waals surface area contributed by atoms with E-state index in [0.29, 0.717) is 0 Å². The van der Waals surface area contributed by atoms with Gasteiger partial charge in [0, 0.05) is 0 Å². The smallest absolute Gasteiger partial charge is 0.264 e. The molecule has 0 aliphatic rings. The minimum Gasteiger partial charge on any atom is -0.264 e. The van der Waals surface area contributed by atoms with Gasteiger partial charge in [-0.05, 0) is 19.3 Å². The Morgan fingerprint density at radius 3 is 1.80 bits per heavy atom. The fraction of sp³-hybridized carbons (Fsp3) is 1.00. The van der Waals surface area contributed by atoms with E-state index in [1.165, 1.54) is 51.4 Å². The van der Waals surface area contributed by atoms with Gasteiger partial charge in [-0.15, -0.1) is 0 Å². The molecular formula is C15H32O4S. The molecule has 5 heteroatoms. The third kappa shape index (κ3) is 12.9. The Bertz CT molecular complexity index is 314. The molecule has 122 valence electrons. The maximum atomic E-state index is 10.6. The fourth-order valence-corrected chi connectivity index (χ4v) is 2.87. The molecule has 0 aromatic rings. The molecule has 0 saturated carbocycles. The van der Waals surface area contributed by atoms with Crippen LogP contribution in [0, 0.1) is 5.92 Å². The zero-order chi connectivity index (χ0) is 15.4. The van der Waals surface area contributed by atoms with Crippen LogP contribution in [0.5, 0.6) is 0 Å². The summed E-state index contributed by atoms with van der Waals surface area (Å²) in [6.07, 6.45) is 12.0. The van der Waals surface area contributed by atoms with Crippen molar-refractivity contribution < 1.29 is 17.2 Å². The van der Waals surface area contributed by atoms with Crippen LogP contribution in [-0.2, 0) is 14.6 Å². The molecule has 0 amide bonds. The maximum Gasteiger partial charge on any atom is 0.397 e. The molecule has 0 fully saturated rings. The van der Waals surface area contributed by atoms with Gasteiger partial charge in [0.05, 0.1) is 6.10 Å². The molecule has 0 aromatic carbocycles. The molecule has 0 aliphatic heterocycles. The minimum absolute atomic E-state index is 0.140. The molecule has 0 radical (unpaired) electrons. The predicted molar refractivity (Wildman–Crippen MR) is 83.1 cm³/mol. The van der Waals surface area contributed by atoms with Gasteiger partial charge in [0.15, 0.2) is 0 Å².